The van der Waals surface area contributed by atoms with E-state index in [-0.39, 0.29) is 5.92 Å². The molecule has 4 saturated carbocycles. The molecule has 0 heterocycles. The minimum atomic E-state index is -1.95. The Labute approximate surface area is 141 Å². The maximum Gasteiger partial charge on any atom is 0.252 e. The van der Waals surface area contributed by atoms with Gasteiger partial charge >= 0.3 is 0 Å². The molecule has 0 saturated heterocycles. The van der Waals surface area contributed by atoms with Gasteiger partial charge in [-0.3, -0.25) is 10.0 Å². The van der Waals surface area contributed by atoms with Crippen molar-refractivity contribution < 1.29 is 14.5 Å². The van der Waals surface area contributed by atoms with Crippen molar-refractivity contribution >= 4 is 8.53 Å². The van der Waals surface area contributed by atoms with Crippen LogP contribution in [0, 0.1) is 41.4 Å². The van der Waals surface area contributed by atoms with Crippen molar-refractivity contribution in [3.05, 3.63) is 0 Å². The second kappa shape index (κ2) is 6.88. The van der Waals surface area contributed by atoms with E-state index in [1.807, 2.05) is 0 Å². The first-order valence-corrected chi connectivity index (χ1v) is 11.0. The van der Waals surface area contributed by atoms with Crippen LogP contribution in [-0.4, -0.2) is 16.3 Å². The van der Waals surface area contributed by atoms with Crippen molar-refractivity contribution in [1.29, 1.82) is 0 Å². The lowest BCUT2D eigenvalue weighted by Gasteiger charge is -2.53. The number of rotatable bonds is 3. The van der Waals surface area contributed by atoms with Gasteiger partial charge in [-0.05, 0) is 86.9 Å². The zero-order chi connectivity index (χ0) is 16.0. The molecular weight excluding hydrogens is 309 g/mol. The van der Waals surface area contributed by atoms with E-state index < -0.39 is 14.8 Å². The lowest BCUT2D eigenvalue weighted by molar-refractivity contribution is -0.103. The fourth-order valence-electron chi connectivity index (χ4n) is 6.97. The van der Waals surface area contributed by atoms with E-state index in [4.69, 9.17) is 10.0 Å². The van der Waals surface area contributed by atoms with Crippen LogP contribution in [0.3, 0.4) is 0 Å². The average molecular weight is 341 g/mol. The van der Waals surface area contributed by atoms with Gasteiger partial charge in [0.2, 0.25) is 0 Å². The zero-order valence-electron chi connectivity index (χ0n) is 14.0. The van der Waals surface area contributed by atoms with Crippen LogP contribution in [0.1, 0.15) is 64.2 Å². The van der Waals surface area contributed by atoms with E-state index >= 15 is 0 Å². The van der Waals surface area contributed by atoms with Gasteiger partial charge in [-0.2, -0.15) is 0 Å². The number of nitrogens with two attached hydrogens (primary N) is 1. The van der Waals surface area contributed by atoms with Gasteiger partial charge in [0.25, 0.3) is 8.53 Å². The smallest absolute Gasteiger partial charge is 0.252 e. The van der Waals surface area contributed by atoms with Crippen molar-refractivity contribution in [3.63, 3.8) is 0 Å². The zero-order valence-corrected chi connectivity index (χ0v) is 14.9. The molecule has 132 valence electrons. The highest BCUT2D eigenvalue weighted by Crippen LogP contribution is 2.58. The quantitative estimate of drug-likeness (QED) is 0.539. The van der Waals surface area contributed by atoms with E-state index in [2.05, 4.69) is 0 Å². The Balaban J connectivity index is 1.40. The molecule has 4 unspecified atom stereocenters. The molecule has 5 heteroatoms. The summed E-state index contributed by atoms with van der Waals surface area (Å²) in [6.45, 7) is 0. The highest BCUT2D eigenvalue weighted by Gasteiger charge is 2.49. The summed E-state index contributed by atoms with van der Waals surface area (Å²) in [6.07, 6.45) is 12.6. The van der Waals surface area contributed by atoms with Crippen LogP contribution < -0.4 is 5.50 Å². The summed E-state index contributed by atoms with van der Waals surface area (Å²) in [6, 6.07) is 0. The predicted molar refractivity (Wildman–Crippen MR) is 91.0 cm³/mol. The first kappa shape index (κ1) is 16.7. The molecule has 23 heavy (non-hydrogen) atoms. The molecular formula is C18H32NO3P. The van der Waals surface area contributed by atoms with Gasteiger partial charge in [-0.25, -0.2) is 0 Å². The Morgan fingerprint density at radius 2 is 1.48 bits per heavy atom. The summed E-state index contributed by atoms with van der Waals surface area (Å²) in [5.41, 5.74) is 5.31. The van der Waals surface area contributed by atoms with Crippen LogP contribution in [-0.2, 0) is 4.52 Å². The molecule has 0 aromatic rings. The minimum Gasteiger partial charge on any atom is -0.367 e. The summed E-state index contributed by atoms with van der Waals surface area (Å²) in [7, 11) is -1.95. The maximum absolute atomic E-state index is 10.1. The highest BCUT2D eigenvalue weighted by atomic mass is 31.2. The molecule has 4 aliphatic carbocycles. The number of fused-ring (bicyclic) bond motifs is 5. The summed E-state index contributed by atoms with van der Waals surface area (Å²) in [5.74, 6) is 5.85. The van der Waals surface area contributed by atoms with E-state index in [0.717, 1.165) is 48.3 Å². The summed E-state index contributed by atoms with van der Waals surface area (Å²) >= 11 is 0. The van der Waals surface area contributed by atoms with Crippen LogP contribution in [0.4, 0.5) is 0 Å². The first-order valence-electron chi connectivity index (χ1n) is 9.72. The third-order valence-corrected chi connectivity index (χ3v) is 8.24. The normalized spacial score (nSPS) is 48.9. The van der Waals surface area contributed by atoms with E-state index in [1.165, 1.54) is 51.4 Å². The first-order chi connectivity index (χ1) is 11.1. The fraction of sp³-hybridized carbons (Fsp3) is 1.00. The van der Waals surface area contributed by atoms with Crippen molar-refractivity contribution in [2.75, 3.05) is 0 Å². The highest BCUT2D eigenvalue weighted by molar-refractivity contribution is 7.43. The van der Waals surface area contributed by atoms with Crippen molar-refractivity contribution in [1.82, 2.24) is 0 Å². The third-order valence-electron chi connectivity index (χ3n) is 7.81. The molecule has 4 fully saturated rings. The van der Waals surface area contributed by atoms with Crippen molar-refractivity contribution in [2.45, 2.75) is 70.5 Å². The van der Waals surface area contributed by atoms with E-state index in [1.54, 1.807) is 0 Å². The monoisotopic (exact) mass is 341 g/mol. The van der Waals surface area contributed by atoms with Crippen LogP contribution in [0.5, 0.6) is 0 Å². The molecule has 0 aromatic carbocycles. The summed E-state index contributed by atoms with van der Waals surface area (Å²) in [4.78, 5) is 9.19. The molecule has 9 atom stereocenters. The molecule has 4 nitrogen and oxygen atoms in total. The van der Waals surface area contributed by atoms with Crippen molar-refractivity contribution in [2.24, 2.45) is 46.9 Å². The van der Waals surface area contributed by atoms with E-state index in [9.17, 15) is 10.00 Å². The second-order valence-corrected chi connectivity index (χ2v) is 9.45. The molecule has 0 amide bonds. The number of hydrogen-bond acceptors (Lipinski definition) is 4. The van der Waals surface area contributed by atoms with Gasteiger partial charge in [0.1, 0.15) is 0 Å². The number of aliphatic hydroxyl groups is 1. The maximum atomic E-state index is 10.1. The third kappa shape index (κ3) is 3.22. The Morgan fingerprint density at radius 1 is 0.826 bits per heavy atom. The standard InChI is InChI=1S/C18H32NO3P/c19-23(21)22-18(20)13-6-7-15-12(10-13)5-9-16-14-3-1-2-11(14)4-8-17(15)16/h11-18,20-21H,1-10,19H2/t11-,12?,13?,14+,15-,16-,17+,18?,23?/m0/s1. The second-order valence-electron chi connectivity index (χ2n) is 8.63. The lowest BCUT2D eigenvalue weighted by atomic mass is 9.53. The molecule has 4 rings (SSSR count). The Hall–Kier alpha value is 0.270. The average Bonchev–Trinajstić information content (AvgIpc) is 3.02. The van der Waals surface area contributed by atoms with Crippen LogP contribution in [0.15, 0.2) is 0 Å². The van der Waals surface area contributed by atoms with Crippen LogP contribution >= 0.6 is 8.53 Å². The van der Waals surface area contributed by atoms with Crippen molar-refractivity contribution in [3.8, 4) is 0 Å². The predicted octanol–water partition coefficient (Wildman–Crippen LogP) is 3.77. The van der Waals surface area contributed by atoms with Crippen LogP contribution in [0.2, 0.25) is 0 Å². The van der Waals surface area contributed by atoms with Gasteiger partial charge < -0.3 is 10.00 Å². The molecule has 0 aromatic heterocycles. The Bertz CT molecular complexity index is 421. The molecule has 0 bridgehead atoms. The Kier molecular flexibility index (Phi) is 5.00. The Morgan fingerprint density at radius 3 is 2.22 bits per heavy atom. The van der Waals surface area contributed by atoms with Gasteiger partial charge in [-0.15, -0.1) is 0 Å². The van der Waals surface area contributed by atoms with Gasteiger partial charge in [0, 0.05) is 5.92 Å². The van der Waals surface area contributed by atoms with Crippen LogP contribution in [0.25, 0.3) is 0 Å². The van der Waals surface area contributed by atoms with E-state index in [0.29, 0.717) is 0 Å². The summed E-state index contributed by atoms with van der Waals surface area (Å²) < 4.78 is 5.09. The largest absolute Gasteiger partial charge is 0.367 e. The number of hydrogen-bond donors (Lipinski definition) is 3. The molecule has 4 aliphatic rings. The summed E-state index contributed by atoms with van der Waals surface area (Å²) in [5, 5.41) is 10.1. The molecule has 4 N–H and O–H groups in total. The topological polar surface area (TPSA) is 75.7 Å². The minimum absolute atomic E-state index is 0.163. The molecule has 0 spiro atoms. The number of aliphatic hydroxyl groups excluding tert-OH is 1. The lowest BCUT2D eigenvalue weighted by Crippen LogP contribution is -2.45. The molecule has 0 radical (unpaired) electrons. The van der Waals surface area contributed by atoms with Gasteiger partial charge in [0.15, 0.2) is 6.29 Å². The SMILES string of the molecule is NP(O)OC(O)C1CC[C@H]2C(CC[C@H]3[C@@H]4CCC[C@H]4CC[C@@H]32)C1. The van der Waals surface area contributed by atoms with Gasteiger partial charge in [-0.1, -0.05) is 12.8 Å². The fourth-order valence-corrected chi connectivity index (χ4v) is 7.36. The molecule has 0 aliphatic heterocycles. The van der Waals surface area contributed by atoms with Gasteiger partial charge in [0.05, 0.1) is 0 Å².